The molecule has 3 N–H and O–H groups in total. The summed E-state index contributed by atoms with van der Waals surface area (Å²) in [5.74, 6) is -0.830. The molecule has 0 heterocycles. The molecule has 0 atom stereocenters. The van der Waals surface area contributed by atoms with Crippen LogP contribution in [0.25, 0.3) is 0 Å². The zero-order valence-corrected chi connectivity index (χ0v) is 7.88. The number of ketones is 1. The number of phenols is 1. The largest absolute Gasteiger partial charge is 0.504 e. The lowest BCUT2D eigenvalue weighted by molar-refractivity contribution is 0.102. The van der Waals surface area contributed by atoms with Gasteiger partial charge in [0.2, 0.25) is 0 Å². The van der Waals surface area contributed by atoms with Crippen molar-refractivity contribution in [2.75, 3.05) is 11.6 Å². The number of hydrogen-bond acceptors (Lipinski definition) is 4. The molecule has 0 aliphatic carbocycles. The molecule has 0 aromatic heterocycles. The van der Waals surface area contributed by atoms with Crippen LogP contribution >= 0.6 is 11.6 Å². The molecule has 72 valence electrons. The third-order valence-electron chi connectivity index (χ3n) is 1.70. The number of hydrogen-bond donors (Lipinski definition) is 2. The van der Waals surface area contributed by atoms with Gasteiger partial charge in [0.15, 0.2) is 11.5 Å². The van der Waals surface area contributed by atoms with E-state index >= 15 is 0 Å². The highest BCUT2D eigenvalue weighted by Crippen LogP contribution is 2.26. The standard InChI is InChI=1S/C9H7ClN2O2/c10-3-8(13)5-1-6(4-11)9(14)7(12)2-5/h1-2,14H,3,12H2. The molecule has 1 aromatic carbocycles. The molecule has 4 nitrogen and oxygen atoms in total. The lowest BCUT2D eigenvalue weighted by Crippen LogP contribution is -2.02. The van der Waals surface area contributed by atoms with Gasteiger partial charge in [-0.25, -0.2) is 0 Å². The quantitative estimate of drug-likeness (QED) is 0.333. The minimum atomic E-state index is -0.338. The van der Waals surface area contributed by atoms with Crippen LogP contribution in [0.2, 0.25) is 0 Å². The summed E-state index contributed by atoms with van der Waals surface area (Å²) < 4.78 is 0. The van der Waals surface area contributed by atoms with Gasteiger partial charge < -0.3 is 10.8 Å². The number of carbonyl (C=O) groups excluding carboxylic acids is 1. The Balaban J connectivity index is 3.32. The summed E-state index contributed by atoms with van der Waals surface area (Å²) in [6.45, 7) is 0. The molecule has 0 spiro atoms. The molecule has 0 aliphatic heterocycles. The number of aromatic hydroxyl groups is 1. The van der Waals surface area contributed by atoms with Crippen molar-refractivity contribution in [1.82, 2.24) is 0 Å². The first kappa shape index (κ1) is 10.4. The van der Waals surface area contributed by atoms with Crippen molar-refractivity contribution < 1.29 is 9.90 Å². The summed E-state index contributed by atoms with van der Waals surface area (Å²) in [7, 11) is 0. The van der Waals surface area contributed by atoms with E-state index < -0.39 is 0 Å². The SMILES string of the molecule is N#Cc1cc(C(=O)CCl)cc(N)c1O. The Morgan fingerprint density at radius 3 is 2.79 bits per heavy atom. The number of benzene rings is 1. The van der Waals surface area contributed by atoms with Crippen LogP contribution < -0.4 is 5.73 Å². The number of Topliss-reactive ketones (excluding diaryl/α,β-unsaturated/α-hetero) is 1. The van der Waals surface area contributed by atoms with Crippen LogP contribution in [0.1, 0.15) is 15.9 Å². The van der Waals surface area contributed by atoms with Crippen molar-refractivity contribution in [3.8, 4) is 11.8 Å². The van der Waals surface area contributed by atoms with Crippen LogP contribution in [-0.2, 0) is 0 Å². The average Bonchev–Trinajstić information content (AvgIpc) is 2.20. The minimum absolute atomic E-state index is 0.00230. The Morgan fingerprint density at radius 1 is 1.64 bits per heavy atom. The highest BCUT2D eigenvalue weighted by atomic mass is 35.5. The van der Waals surface area contributed by atoms with E-state index in [4.69, 9.17) is 22.6 Å². The molecule has 0 saturated carbocycles. The lowest BCUT2D eigenvalue weighted by atomic mass is 10.1. The summed E-state index contributed by atoms with van der Waals surface area (Å²) in [4.78, 5) is 11.2. The number of nitrogens with zero attached hydrogens (tertiary/aromatic N) is 1. The molecule has 1 rings (SSSR count). The number of rotatable bonds is 2. The Labute approximate surface area is 85.5 Å². The summed E-state index contributed by atoms with van der Waals surface area (Å²) in [5, 5.41) is 17.9. The zero-order valence-electron chi connectivity index (χ0n) is 7.12. The van der Waals surface area contributed by atoms with E-state index in [2.05, 4.69) is 0 Å². The minimum Gasteiger partial charge on any atom is -0.504 e. The van der Waals surface area contributed by atoms with Gasteiger partial charge in [-0.2, -0.15) is 5.26 Å². The number of alkyl halides is 1. The van der Waals surface area contributed by atoms with Crippen LogP contribution in [0, 0.1) is 11.3 Å². The van der Waals surface area contributed by atoms with E-state index in [1.807, 2.05) is 0 Å². The van der Waals surface area contributed by atoms with Gasteiger partial charge in [0.25, 0.3) is 0 Å². The third kappa shape index (κ3) is 1.78. The number of phenolic OH excluding ortho intramolecular Hbond substituents is 1. The molecule has 0 unspecified atom stereocenters. The van der Waals surface area contributed by atoms with Crippen molar-refractivity contribution in [2.45, 2.75) is 0 Å². The molecular formula is C9H7ClN2O2. The lowest BCUT2D eigenvalue weighted by Gasteiger charge is -2.03. The van der Waals surface area contributed by atoms with Crippen molar-refractivity contribution in [2.24, 2.45) is 0 Å². The van der Waals surface area contributed by atoms with Crippen molar-refractivity contribution in [1.29, 1.82) is 5.26 Å². The molecule has 0 fully saturated rings. The second kappa shape index (κ2) is 3.99. The topological polar surface area (TPSA) is 87.1 Å². The summed E-state index contributed by atoms with van der Waals surface area (Å²) in [5.41, 5.74) is 5.59. The van der Waals surface area contributed by atoms with Crippen molar-refractivity contribution in [3.05, 3.63) is 23.3 Å². The van der Waals surface area contributed by atoms with Gasteiger partial charge in [-0.15, -0.1) is 11.6 Å². The Hall–Kier alpha value is -1.73. The normalized spacial score (nSPS) is 9.43. The Bertz CT molecular complexity index is 424. The Morgan fingerprint density at radius 2 is 2.29 bits per heavy atom. The van der Waals surface area contributed by atoms with Gasteiger partial charge in [0.05, 0.1) is 17.1 Å². The van der Waals surface area contributed by atoms with Gasteiger partial charge in [-0.3, -0.25) is 4.79 Å². The first-order valence-electron chi connectivity index (χ1n) is 3.72. The molecule has 0 bridgehead atoms. The monoisotopic (exact) mass is 210 g/mol. The number of carbonyl (C=O) groups is 1. The molecule has 0 radical (unpaired) electrons. The molecular weight excluding hydrogens is 204 g/mol. The van der Waals surface area contributed by atoms with E-state index in [-0.39, 0.29) is 34.2 Å². The second-order valence-corrected chi connectivity index (χ2v) is 2.90. The molecule has 14 heavy (non-hydrogen) atoms. The van der Waals surface area contributed by atoms with Crippen LogP contribution in [-0.4, -0.2) is 16.8 Å². The van der Waals surface area contributed by atoms with E-state index in [0.717, 1.165) is 0 Å². The summed E-state index contributed by atoms with van der Waals surface area (Å²) in [6, 6.07) is 4.28. The van der Waals surface area contributed by atoms with Crippen molar-refractivity contribution >= 4 is 23.1 Å². The number of nitrogen functional groups attached to an aromatic ring is 1. The van der Waals surface area contributed by atoms with Crippen LogP contribution in [0.15, 0.2) is 12.1 Å². The van der Waals surface area contributed by atoms with Crippen LogP contribution in [0.5, 0.6) is 5.75 Å². The molecule has 0 aliphatic rings. The highest BCUT2D eigenvalue weighted by Gasteiger charge is 2.11. The first-order chi connectivity index (χ1) is 6.60. The molecule has 0 saturated heterocycles. The fourth-order valence-electron chi connectivity index (χ4n) is 0.980. The van der Waals surface area contributed by atoms with Gasteiger partial charge in [0, 0.05) is 5.56 Å². The highest BCUT2D eigenvalue weighted by molar-refractivity contribution is 6.30. The predicted octanol–water partition coefficient (Wildman–Crippen LogP) is 1.27. The first-order valence-corrected chi connectivity index (χ1v) is 4.25. The van der Waals surface area contributed by atoms with Crippen LogP contribution in [0.4, 0.5) is 5.69 Å². The number of nitrogens with two attached hydrogens (primary N) is 1. The van der Waals surface area contributed by atoms with Gasteiger partial charge in [0.1, 0.15) is 6.07 Å². The maximum absolute atomic E-state index is 11.2. The van der Waals surface area contributed by atoms with Crippen LogP contribution in [0.3, 0.4) is 0 Å². The molecule has 5 heteroatoms. The van der Waals surface area contributed by atoms with E-state index in [1.165, 1.54) is 12.1 Å². The molecule has 1 aromatic rings. The summed E-state index contributed by atoms with van der Waals surface area (Å²) >= 11 is 5.34. The summed E-state index contributed by atoms with van der Waals surface area (Å²) in [6.07, 6.45) is 0. The zero-order chi connectivity index (χ0) is 10.7. The fraction of sp³-hybridized carbons (Fsp3) is 0.111. The van der Waals surface area contributed by atoms with E-state index in [0.29, 0.717) is 0 Å². The Kier molecular flexibility index (Phi) is 2.95. The number of anilines is 1. The molecule has 0 amide bonds. The van der Waals surface area contributed by atoms with Gasteiger partial charge in [-0.05, 0) is 12.1 Å². The van der Waals surface area contributed by atoms with E-state index in [9.17, 15) is 9.90 Å². The van der Waals surface area contributed by atoms with E-state index in [1.54, 1.807) is 6.07 Å². The smallest absolute Gasteiger partial charge is 0.177 e. The average molecular weight is 211 g/mol. The third-order valence-corrected chi connectivity index (χ3v) is 1.95. The van der Waals surface area contributed by atoms with Gasteiger partial charge in [-0.1, -0.05) is 0 Å². The maximum Gasteiger partial charge on any atom is 0.177 e. The predicted molar refractivity (Wildman–Crippen MR) is 52.3 cm³/mol. The number of nitriles is 1. The fourth-order valence-corrected chi connectivity index (χ4v) is 1.13. The van der Waals surface area contributed by atoms with Gasteiger partial charge >= 0.3 is 0 Å². The maximum atomic E-state index is 11.2. The van der Waals surface area contributed by atoms with Crippen molar-refractivity contribution in [3.63, 3.8) is 0 Å². The number of halogens is 1. The second-order valence-electron chi connectivity index (χ2n) is 2.63.